The van der Waals surface area contributed by atoms with Gasteiger partial charge in [-0.15, -0.1) is 0 Å². The summed E-state index contributed by atoms with van der Waals surface area (Å²) in [6.07, 6.45) is 0. The second kappa shape index (κ2) is 6.54. The normalized spacial score (nSPS) is 14.0. The van der Waals surface area contributed by atoms with Crippen LogP contribution in [0.25, 0.3) is 43.8 Å². The van der Waals surface area contributed by atoms with Gasteiger partial charge in [0, 0.05) is 5.41 Å². The first-order chi connectivity index (χ1) is 15.1. The van der Waals surface area contributed by atoms with Gasteiger partial charge in [-0.3, -0.25) is 0 Å². The van der Waals surface area contributed by atoms with Crippen LogP contribution in [0.1, 0.15) is 30.5 Å². The number of hydrogen-bond donors (Lipinski definition) is 1. The highest BCUT2D eigenvalue weighted by atomic mass is 16.3. The summed E-state index contributed by atoms with van der Waals surface area (Å²) in [7, 11) is 0. The minimum Gasteiger partial charge on any atom is -0.392 e. The van der Waals surface area contributed by atoms with Gasteiger partial charge in [-0.25, -0.2) is 0 Å². The summed E-state index contributed by atoms with van der Waals surface area (Å²) >= 11 is 0. The van der Waals surface area contributed by atoms with E-state index in [9.17, 15) is 5.11 Å². The highest BCUT2D eigenvalue weighted by molar-refractivity contribution is 6.10. The molecule has 0 saturated carbocycles. The fourth-order valence-electron chi connectivity index (χ4n) is 5.24. The standard InChI is InChI=1S/C30H24O/c1-30(2)28-14-19(18-31)8-13-24(28)27-16-23-12-10-21-9-11-22(20-6-4-3-5-7-20)15-25(21)26(23)17-29(27)30/h3-17,31H,18H2,1-2H3. The molecule has 150 valence electrons. The minimum absolute atomic E-state index is 0.0780. The smallest absolute Gasteiger partial charge is 0.0681 e. The molecule has 1 heteroatoms. The van der Waals surface area contributed by atoms with Crippen molar-refractivity contribution in [2.24, 2.45) is 0 Å². The lowest BCUT2D eigenvalue weighted by Gasteiger charge is -2.22. The number of aliphatic hydroxyl groups excluding tert-OH is 1. The lowest BCUT2D eigenvalue weighted by atomic mass is 9.81. The summed E-state index contributed by atoms with van der Waals surface area (Å²) in [6.45, 7) is 4.67. The van der Waals surface area contributed by atoms with E-state index in [1.54, 1.807) is 0 Å². The summed E-state index contributed by atoms with van der Waals surface area (Å²) in [5.41, 5.74) is 8.64. The molecule has 6 rings (SSSR count). The van der Waals surface area contributed by atoms with Gasteiger partial charge in [-0.05, 0) is 78.7 Å². The molecule has 0 atom stereocenters. The maximum absolute atomic E-state index is 9.65. The Balaban J connectivity index is 1.63. The second-order valence-corrected chi connectivity index (χ2v) is 9.15. The number of rotatable bonds is 2. The summed E-state index contributed by atoms with van der Waals surface area (Å²) in [4.78, 5) is 0. The van der Waals surface area contributed by atoms with Crippen molar-refractivity contribution in [3.8, 4) is 22.3 Å². The van der Waals surface area contributed by atoms with Crippen molar-refractivity contribution < 1.29 is 5.11 Å². The molecule has 1 N–H and O–H groups in total. The van der Waals surface area contributed by atoms with Crippen LogP contribution in [0.5, 0.6) is 0 Å². The average Bonchev–Trinajstić information content (AvgIpc) is 3.03. The topological polar surface area (TPSA) is 20.2 Å². The number of hydrogen-bond acceptors (Lipinski definition) is 1. The lowest BCUT2D eigenvalue weighted by molar-refractivity contribution is 0.281. The minimum atomic E-state index is -0.0940. The maximum Gasteiger partial charge on any atom is 0.0681 e. The molecule has 1 aliphatic carbocycles. The molecule has 0 radical (unpaired) electrons. The van der Waals surface area contributed by atoms with E-state index in [-0.39, 0.29) is 12.0 Å². The molecule has 31 heavy (non-hydrogen) atoms. The van der Waals surface area contributed by atoms with Crippen LogP contribution in [-0.2, 0) is 12.0 Å². The molecule has 1 nitrogen and oxygen atoms in total. The van der Waals surface area contributed by atoms with Crippen LogP contribution < -0.4 is 0 Å². The van der Waals surface area contributed by atoms with Crippen LogP contribution in [0.3, 0.4) is 0 Å². The molecule has 0 fully saturated rings. The fraction of sp³-hybridized carbons (Fsp3) is 0.133. The highest BCUT2D eigenvalue weighted by Gasteiger charge is 2.35. The zero-order valence-electron chi connectivity index (χ0n) is 17.8. The molecule has 0 bridgehead atoms. The Labute approximate surface area is 182 Å². The van der Waals surface area contributed by atoms with Crippen molar-refractivity contribution in [1.29, 1.82) is 0 Å². The lowest BCUT2D eigenvalue weighted by Crippen LogP contribution is -2.15. The Morgan fingerprint density at radius 1 is 0.613 bits per heavy atom. The van der Waals surface area contributed by atoms with Crippen molar-refractivity contribution in [1.82, 2.24) is 0 Å². The van der Waals surface area contributed by atoms with E-state index in [2.05, 4.69) is 98.8 Å². The first kappa shape index (κ1) is 18.4. The molecule has 0 aliphatic heterocycles. The highest BCUT2D eigenvalue weighted by Crippen LogP contribution is 2.50. The van der Waals surface area contributed by atoms with Gasteiger partial charge >= 0.3 is 0 Å². The largest absolute Gasteiger partial charge is 0.392 e. The van der Waals surface area contributed by atoms with Crippen LogP contribution in [0.15, 0.2) is 91.0 Å². The van der Waals surface area contributed by atoms with E-state index in [4.69, 9.17) is 0 Å². The van der Waals surface area contributed by atoms with Gasteiger partial charge < -0.3 is 5.11 Å². The molecule has 0 saturated heterocycles. The van der Waals surface area contributed by atoms with E-state index in [1.807, 2.05) is 6.07 Å². The third-order valence-electron chi connectivity index (χ3n) is 6.99. The SMILES string of the molecule is CC1(C)c2cc(CO)ccc2-c2cc3ccc4ccc(-c5ccccc5)cc4c3cc21. The van der Waals surface area contributed by atoms with E-state index < -0.39 is 0 Å². The molecule has 0 spiro atoms. The van der Waals surface area contributed by atoms with Crippen LogP contribution >= 0.6 is 0 Å². The summed E-state index contributed by atoms with van der Waals surface area (Å²) < 4.78 is 0. The third-order valence-corrected chi connectivity index (χ3v) is 6.99. The monoisotopic (exact) mass is 400 g/mol. The first-order valence-corrected chi connectivity index (χ1v) is 10.9. The van der Waals surface area contributed by atoms with Gasteiger partial charge in [0.25, 0.3) is 0 Å². The summed E-state index contributed by atoms with van der Waals surface area (Å²) in [5.74, 6) is 0. The van der Waals surface area contributed by atoms with Crippen molar-refractivity contribution in [2.75, 3.05) is 0 Å². The maximum atomic E-state index is 9.65. The number of benzene rings is 5. The molecular formula is C30H24O. The Kier molecular flexibility index (Phi) is 3.87. The Morgan fingerprint density at radius 3 is 2.13 bits per heavy atom. The average molecular weight is 401 g/mol. The van der Waals surface area contributed by atoms with Crippen LogP contribution in [0.2, 0.25) is 0 Å². The zero-order chi connectivity index (χ0) is 21.2. The molecule has 1 aliphatic rings. The molecule has 0 unspecified atom stereocenters. The van der Waals surface area contributed by atoms with Crippen molar-refractivity contribution >= 4 is 21.5 Å². The van der Waals surface area contributed by atoms with Gasteiger partial charge in [0.05, 0.1) is 6.61 Å². The van der Waals surface area contributed by atoms with Crippen molar-refractivity contribution in [3.63, 3.8) is 0 Å². The zero-order valence-corrected chi connectivity index (χ0v) is 17.8. The molecule has 5 aromatic rings. The third kappa shape index (κ3) is 2.67. The van der Waals surface area contributed by atoms with Gasteiger partial charge in [-0.2, -0.15) is 0 Å². The van der Waals surface area contributed by atoms with Crippen LogP contribution in [0.4, 0.5) is 0 Å². The molecule has 5 aromatic carbocycles. The van der Waals surface area contributed by atoms with Crippen molar-refractivity contribution in [3.05, 3.63) is 108 Å². The van der Waals surface area contributed by atoms with Crippen LogP contribution in [-0.4, -0.2) is 5.11 Å². The Hall–Kier alpha value is -3.42. The van der Waals surface area contributed by atoms with E-state index >= 15 is 0 Å². The Bertz CT molecular complexity index is 1480. The van der Waals surface area contributed by atoms with Gasteiger partial charge in [0.2, 0.25) is 0 Å². The van der Waals surface area contributed by atoms with Gasteiger partial charge in [0.1, 0.15) is 0 Å². The van der Waals surface area contributed by atoms with E-state index in [1.165, 1.54) is 54.9 Å². The Morgan fingerprint density at radius 2 is 1.32 bits per heavy atom. The predicted molar refractivity (Wildman–Crippen MR) is 130 cm³/mol. The summed E-state index contributed by atoms with van der Waals surface area (Å²) in [5, 5.41) is 14.8. The number of aliphatic hydroxyl groups is 1. The van der Waals surface area contributed by atoms with E-state index in [0.717, 1.165) is 5.56 Å². The van der Waals surface area contributed by atoms with Crippen molar-refractivity contribution in [2.45, 2.75) is 25.9 Å². The quantitative estimate of drug-likeness (QED) is 0.305. The predicted octanol–water partition coefficient (Wildman–Crippen LogP) is 7.46. The first-order valence-electron chi connectivity index (χ1n) is 10.9. The molecular weight excluding hydrogens is 376 g/mol. The van der Waals surface area contributed by atoms with Gasteiger partial charge in [-0.1, -0.05) is 86.6 Å². The fourth-order valence-corrected chi connectivity index (χ4v) is 5.24. The molecule has 0 heterocycles. The van der Waals surface area contributed by atoms with E-state index in [0.29, 0.717) is 0 Å². The molecule has 0 amide bonds. The van der Waals surface area contributed by atoms with Gasteiger partial charge in [0.15, 0.2) is 0 Å². The summed E-state index contributed by atoms with van der Waals surface area (Å²) in [6, 6.07) is 33.0. The second-order valence-electron chi connectivity index (χ2n) is 9.15. The molecule has 0 aromatic heterocycles. The van der Waals surface area contributed by atoms with Crippen LogP contribution in [0, 0.1) is 0 Å². The number of fused-ring (bicyclic) bond motifs is 6.